The molecule has 23 heavy (non-hydrogen) atoms. The van der Waals surface area contributed by atoms with E-state index in [1.54, 1.807) is 28.0 Å². The molecule has 0 unspecified atom stereocenters. The Bertz CT molecular complexity index is 671. The zero-order valence-corrected chi connectivity index (χ0v) is 13.5. The number of carbonyl (C=O) groups is 1. The van der Waals surface area contributed by atoms with E-state index in [2.05, 4.69) is 5.32 Å². The van der Waals surface area contributed by atoms with Gasteiger partial charge >= 0.3 is 12.2 Å². The van der Waals surface area contributed by atoms with E-state index in [-0.39, 0.29) is 11.4 Å². The van der Waals surface area contributed by atoms with Crippen LogP contribution in [-0.4, -0.2) is 23.2 Å². The summed E-state index contributed by atoms with van der Waals surface area (Å²) in [5, 5.41) is 4.59. The molecule has 0 aliphatic carbocycles. The van der Waals surface area contributed by atoms with Gasteiger partial charge < -0.3 is 10.2 Å². The Labute approximate surface area is 139 Å². The number of urea groups is 1. The molecule has 8 heteroatoms. The lowest BCUT2D eigenvalue weighted by Crippen LogP contribution is -2.34. The van der Waals surface area contributed by atoms with Crippen LogP contribution in [0, 0.1) is 0 Å². The van der Waals surface area contributed by atoms with Gasteiger partial charge in [-0.15, -0.1) is 23.1 Å². The van der Waals surface area contributed by atoms with Crippen molar-refractivity contribution in [2.24, 2.45) is 0 Å². The number of alkyl halides is 3. The summed E-state index contributed by atoms with van der Waals surface area (Å²) in [5.74, 6) is 0.836. The summed E-state index contributed by atoms with van der Waals surface area (Å²) < 4.78 is 37.6. The fourth-order valence-electron chi connectivity index (χ4n) is 2.28. The van der Waals surface area contributed by atoms with E-state index in [1.165, 1.54) is 12.1 Å². The smallest absolute Gasteiger partial charge is 0.308 e. The number of thiophene rings is 1. The summed E-state index contributed by atoms with van der Waals surface area (Å²) in [4.78, 5) is 15.2. The van der Waals surface area contributed by atoms with Crippen molar-refractivity contribution in [2.75, 3.05) is 17.6 Å². The van der Waals surface area contributed by atoms with Gasteiger partial charge in [-0.05, 0) is 35.7 Å². The minimum atomic E-state index is -4.38. The van der Waals surface area contributed by atoms with E-state index in [0.717, 1.165) is 22.8 Å². The van der Waals surface area contributed by atoms with Crippen molar-refractivity contribution in [3.63, 3.8) is 0 Å². The molecule has 3 nitrogen and oxygen atoms in total. The Morgan fingerprint density at radius 2 is 1.96 bits per heavy atom. The fourth-order valence-corrected chi connectivity index (χ4v) is 4.52. The monoisotopic (exact) mass is 358 g/mol. The van der Waals surface area contributed by atoms with Crippen LogP contribution in [0.5, 0.6) is 0 Å². The molecule has 1 aliphatic rings. The second-order valence-corrected chi connectivity index (χ2v) is 7.10. The highest BCUT2D eigenvalue weighted by Gasteiger charge is 2.32. The lowest BCUT2D eigenvalue weighted by Gasteiger charge is -2.23. The Hall–Kier alpha value is -1.67. The maximum absolute atomic E-state index is 12.5. The molecule has 2 amide bonds. The second kappa shape index (κ2) is 6.45. The number of amides is 2. The van der Waals surface area contributed by atoms with Crippen LogP contribution in [-0.2, 0) is 6.18 Å². The molecule has 1 atom stereocenters. The number of nitrogens with zero attached hydrogens (tertiary/aromatic N) is 1. The van der Waals surface area contributed by atoms with E-state index in [0.29, 0.717) is 12.2 Å². The highest BCUT2D eigenvalue weighted by Crippen LogP contribution is 2.40. The summed E-state index contributed by atoms with van der Waals surface area (Å²) in [6, 6.07) is 8.08. The molecule has 1 aromatic carbocycles. The highest BCUT2D eigenvalue weighted by atomic mass is 32.2. The van der Waals surface area contributed by atoms with Crippen molar-refractivity contribution >= 4 is 34.8 Å². The fraction of sp³-hybridized carbons (Fsp3) is 0.267. The van der Waals surface area contributed by atoms with Gasteiger partial charge in [0.25, 0.3) is 0 Å². The third kappa shape index (κ3) is 3.64. The first-order chi connectivity index (χ1) is 10.9. The molecular weight excluding hydrogens is 345 g/mol. The minimum absolute atomic E-state index is 0.0375. The molecule has 0 saturated carbocycles. The first-order valence-electron chi connectivity index (χ1n) is 6.85. The molecule has 0 radical (unpaired) electrons. The Balaban J connectivity index is 1.69. The summed E-state index contributed by atoms with van der Waals surface area (Å²) in [6.07, 6.45) is -4.38. The van der Waals surface area contributed by atoms with Crippen LogP contribution < -0.4 is 5.32 Å². The van der Waals surface area contributed by atoms with E-state index in [9.17, 15) is 18.0 Å². The predicted octanol–water partition coefficient (Wildman–Crippen LogP) is 5.05. The van der Waals surface area contributed by atoms with Crippen LogP contribution in [0.2, 0.25) is 0 Å². The first-order valence-corrected chi connectivity index (χ1v) is 8.78. The van der Waals surface area contributed by atoms with Gasteiger partial charge in [0.1, 0.15) is 5.37 Å². The lowest BCUT2D eigenvalue weighted by molar-refractivity contribution is -0.137. The number of rotatable bonds is 2. The SMILES string of the molecule is O=C(Nc1ccc(C(F)(F)F)cc1)N1CCS[C@@H]1c1cccs1. The minimum Gasteiger partial charge on any atom is -0.308 e. The van der Waals surface area contributed by atoms with Gasteiger partial charge in [-0.1, -0.05) is 6.07 Å². The van der Waals surface area contributed by atoms with Gasteiger partial charge in [0.15, 0.2) is 0 Å². The average Bonchev–Trinajstić information content (AvgIpc) is 3.17. The third-order valence-corrected chi connectivity index (χ3v) is 5.72. The molecule has 1 fully saturated rings. The molecule has 1 aromatic heterocycles. The maximum Gasteiger partial charge on any atom is 0.416 e. The number of nitrogens with one attached hydrogen (secondary N) is 1. The van der Waals surface area contributed by atoms with Crippen LogP contribution >= 0.6 is 23.1 Å². The van der Waals surface area contributed by atoms with E-state index in [4.69, 9.17) is 0 Å². The molecule has 2 heterocycles. The van der Waals surface area contributed by atoms with Gasteiger partial charge in [0.2, 0.25) is 0 Å². The van der Waals surface area contributed by atoms with Gasteiger partial charge in [-0.3, -0.25) is 0 Å². The van der Waals surface area contributed by atoms with E-state index < -0.39 is 11.7 Å². The van der Waals surface area contributed by atoms with Crippen LogP contribution in [0.4, 0.5) is 23.7 Å². The summed E-state index contributed by atoms with van der Waals surface area (Å²) >= 11 is 3.26. The number of halogens is 3. The Kier molecular flexibility index (Phi) is 4.54. The number of carbonyl (C=O) groups excluding carboxylic acids is 1. The predicted molar refractivity (Wildman–Crippen MR) is 86.7 cm³/mol. The molecule has 122 valence electrons. The summed E-state index contributed by atoms with van der Waals surface area (Å²) in [6.45, 7) is 0.611. The molecule has 0 bridgehead atoms. The number of hydrogen-bond acceptors (Lipinski definition) is 3. The van der Waals surface area contributed by atoms with Crippen molar-refractivity contribution in [3.8, 4) is 0 Å². The van der Waals surface area contributed by atoms with Crippen molar-refractivity contribution in [3.05, 3.63) is 52.2 Å². The van der Waals surface area contributed by atoms with Crippen LogP contribution in [0.15, 0.2) is 41.8 Å². The Morgan fingerprint density at radius 1 is 1.22 bits per heavy atom. The summed E-state index contributed by atoms with van der Waals surface area (Å²) in [5.41, 5.74) is -0.381. The van der Waals surface area contributed by atoms with Gasteiger partial charge in [-0.25, -0.2) is 4.79 Å². The molecule has 2 aromatic rings. The topological polar surface area (TPSA) is 32.3 Å². The number of thioether (sulfide) groups is 1. The zero-order chi connectivity index (χ0) is 16.4. The maximum atomic E-state index is 12.5. The molecule has 1 aliphatic heterocycles. The van der Waals surface area contributed by atoms with E-state index >= 15 is 0 Å². The number of benzene rings is 1. The van der Waals surface area contributed by atoms with Gasteiger partial charge in [-0.2, -0.15) is 13.2 Å². The lowest BCUT2D eigenvalue weighted by atomic mass is 10.2. The normalized spacial score (nSPS) is 18.2. The van der Waals surface area contributed by atoms with Gasteiger partial charge in [0.05, 0.1) is 5.56 Å². The van der Waals surface area contributed by atoms with Crippen molar-refractivity contribution in [1.82, 2.24) is 4.90 Å². The van der Waals surface area contributed by atoms with Crippen molar-refractivity contribution < 1.29 is 18.0 Å². The zero-order valence-electron chi connectivity index (χ0n) is 11.8. The second-order valence-electron chi connectivity index (χ2n) is 4.94. The van der Waals surface area contributed by atoms with E-state index in [1.807, 2.05) is 17.5 Å². The average molecular weight is 358 g/mol. The largest absolute Gasteiger partial charge is 0.416 e. The molecule has 3 rings (SSSR count). The summed E-state index contributed by atoms with van der Waals surface area (Å²) in [7, 11) is 0. The highest BCUT2D eigenvalue weighted by molar-refractivity contribution is 7.99. The van der Waals surface area contributed by atoms with Crippen molar-refractivity contribution in [1.29, 1.82) is 0 Å². The van der Waals surface area contributed by atoms with Crippen molar-refractivity contribution in [2.45, 2.75) is 11.6 Å². The molecule has 1 saturated heterocycles. The molecule has 0 spiro atoms. The molecular formula is C15H13F3N2OS2. The quantitative estimate of drug-likeness (QED) is 0.815. The van der Waals surface area contributed by atoms with Crippen LogP contribution in [0.1, 0.15) is 15.8 Å². The van der Waals surface area contributed by atoms with Crippen LogP contribution in [0.3, 0.4) is 0 Å². The Morgan fingerprint density at radius 3 is 2.57 bits per heavy atom. The molecule has 1 N–H and O–H groups in total. The number of hydrogen-bond donors (Lipinski definition) is 1. The third-order valence-electron chi connectivity index (χ3n) is 3.40. The van der Waals surface area contributed by atoms with Crippen LogP contribution in [0.25, 0.3) is 0 Å². The number of anilines is 1. The first kappa shape index (κ1) is 16.2. The van der Waals surface area contributed by atoms with Gasteiger partial charge in [0, 0.05) is 22.9 Å². The standard InChI is InChI=1S/C15H13F3N2OS2/c16-15(17,18)10-3-5-11(6-4-10)19-14(21)20-7-9-23-13(20)12-2-1-8-22-12/h1-6,8,13H,7,9H2,(H,19,21)/t13-/m1/s1.